The van der Waals surface area contributed by atoms with Crippen molar-refractivity contribution in [2.75, 3.05) is 13.7 Å². The summed E-state index contributed by atoms with van der Waals surface area (Å²) in [6, 6.07) is 4.75. The number of ether oxygens (including phenoxy) is 2. The van der Waals surface area contributed by atoms with Crippen molar-refractivity contribution in [3.63, 3.8) is 0 Å². The van der Waals surface area contributed by atoms with Gasteiger partial charge in [-0.2, -0.15) is 0 Å². The van der Waals surface area contributed by atoms with Gasteiger partial charge in [0.1, 0.15) is 0 Å². The van der Waals surface area contributed by atoms with Gasteiger partial charge in [0.15, 0.2) is 24.4 Å². The third kappa shape index (κ3) is 2.71. The third-order valence-electron chi connectivity index (χ3n) is 1.83. The lowest BCUT2D eigenvalue weighted by atomic mass is 10.2. The molecule has 0 bridgehead atoms. The lowest BCUT2D eigenvalue weighted by Gasteiger charge is -2.11. The van der Waals surface area contributed by atoms with E-state index in [1.165, 1.54) is 18.7 Å². The Hall–Kier alpha value is -2.08. The minimum atomic E-state index is -0.720. The second kappa shape index (κ2) is 5.72. The van der Waals surface area contributed by atoms with Crippen LogP contribution in [-0.2, 0) is 4.79 Å². The van der Waals surface area contributed by atoms with Gasteiger partial charge >= 0.3 is 0 Å². The lowest BCUT2D eigenvalue weighted by molar-refractivity contribution is -0.131. The Morgan fingerprint density at radius 1 is 1.56 bits per heavy atom. The summed E-state index contributed by atoms with van der Waals surface area (Å²) in [5.41, 5.74) is 1.69. The molecule has 6 nitrogen and oxygen atoms in total. The van der Waals surface area contributed by atoms with Crippen LogP contribution in [0.15, 0.2) is 18.2 Å². The smallest absolute Gasteiger partial charge is 0.281 e. The zero-order chi connectivity index (χ0) is 12.0. The Morgan fingerprint density at radius 2 is 2.31 bits per heavy atom. The molecule has 1 rings (SSSR count). The first kappa shape index (κ1) is 12.0. The molecular formula is C10H11NO5. The van der Waals surface area contributed by atoms with Gasteiger partial charge in [0.25, 0.3) is 5.91 Å². The van der Waals surface area contributed by atoms with Crippen LogP contribution in [0, 0.1) is 0 Å². The van der Waals surface area contributed by atoms with Gasteiger partial charge in [-0.1, -0.05) is 6.07 Å². The van der Waals surface area contributed by atoms with Crippen molar-refractivity contribution in [3.8, 4) is 11.5 Å². The fourth-order valence-electron chi connectivity index (χ4n) is 1.11. The summed E-state index contributed by atoms with van der Waals surface area (Å²) >= 11 is 0. The van der Waals surface area contributed by atoms with Crippen LogP contribution in [0.5, 0.6) is 11.5 Å². The molecule has 0 atom stereocenters. The molecule has 0 heterocycles. The molecule has 0 aromatic heterocycles. The van der Waals surface area contributed by atoms with Crippen LogP contribution in [0.25, 0.3) is 0 Å². The zero-order valence-electron chi connectivity index (χ0n) is 8.60. The summed E-state index contributed by atoms with van der Waals surface area (Å²) in [5, 5.41) is 8.29. The van der Waals surface area contributed by atoms with Gasteiger partial charge in [0.2, 0.25) is 0 Å². The predicted molar refractivity (Wildman–Crippen MR) is 53.8 cm³/mol. The zero-order valence-corrected chi connectivity index (χ0v) is 8.60. The first-order valence-corrected chi connectivity index (χ1v) is 4.40. The van der Waals surface area contributed by atoms with Crippen LogP contribution in [0.4, 0.5) is 0 Å². The van der Waals surface area contributed by atoms with Gasteiger partial charge in [0.05, 0.1) is 12.7 Å². The monoisotopic (exact) mass is 225 g/mol. The van der Waals surface area contributed by atoms with Crippen LogP contribution >= 0.6 is 0 Å². The number of nitrogens with one attached hydrogen (secondary N) is 1. The number of hydrogen-bond acceptors (Lipinski definition) is 5. The third-order valence-corrected chi connectivity index (χ3v) is 1.83. The van der Waals surface area contributed by atoms with E-state index in [4.69, 9.17) is 14.7 Å². The first-order chi connectivity index (χ1) is 7.72. The highest BCUT2D eigenvalue weighted by molar-refractivity contribution is 5.82. The summed E-state index contributed by atoms with van der Waals surface area (Å²) in [6.45, 7) is -0.405. The Bertz CT molecular complexity index is 391. The molecule has 0 unspecified atom stereocenters. The second-order valence-electron chi connectivity index (χ2n) is 2.82. The maximum absolute atomic E-state index is 10.8. The summed E-state index contributed by atoms with van der Waals surface area (Å²) in [5.74, 6) is -0.207. The Kier molecular flexibility index (Phi) is 4.28. The van der Waals surface area contributed by atoms with Crippen molar-refractivity contribution >= 4 is 12.2 Å². The molecule has 0 saturated heterocycles. The number of aldehydes is 1. The number of para-hydroxylation sites is 1. The molecule has 1 aromatic carbocycles. The highest BCUT2D eigenvalue weighted by Gasteiger charge is 2.11. The minimum Gasteiger partial charge on any atom is -0.493 e. The molecule has 1 aromatic rings. The Morgan fingerprint density at radius 3 is 2.88 bits per heavy atom. The van der Waals surface area contributed by atoms with E-state index in [0.29, 0.717) is 12.0 Å². The number of hydroxylamine groups is 1. The van der Waals surface area contributed by atoms with Gasteiger partial charge in [-0.05, 0) is 12.1 Å². The molecular weight excluding hydrogens is 214 g/mol. The van der Waals surface area contributed by atoms with E-state index in [9.17, 15) is 9.59 Å². The van der Waals surface area contributed by atoms with Crippen molar-refractivity contribution < 1.29 is 24.3 Å². The normalized spacial score (nSPS) is 9.38. The van der Waals surface area contributed by atoms with E-state index in [-0.39, 0.29) is 11.3 Å². The first-order valence-electron chi connectivity index (χ1n) is 4.40. The van der Waals surface area contributed by atoms with E-state index in [2.05, 4.69) is 0 Å². The van der Waals surface area contributed by atoms with Crippen LogP contribution in [-0.4, -0.2) is 31.1 Å². The molecule has 6 heteroatoms. The maximum atomic E-state index is 10.8. The Balaban J connectivity index is 2.91. The van der Waals surface area contributed by atoms with E-state index in [1.807, 2.05) is 0 Å². The molecule has 2 N–H and O–H groups in total. The molecule has 0 aliphatic heterocycles. The van der Waals surface area contributed by atoms with Crippen LogP contribution in [0.3, 0.4) is 0 Å². The molecule has 1 amide bonds. The molecule has 0 fully saturated rings. The van der Waals surface area contributed by atoms with Crippen molar-refractivity contribution in [2.45, 2.75) is 0 Å². The van der Waals surface area contributed by atoms with Gasteiger partial charge in [-0.15, -0.1) is 0 Å². The quantitative estimate of drug-likeness (QED) is 0.430. The summed E-state index contributed by atoms with van der Waals surface area (Å²) in [6.07, 6.45) is 0.592. The SMILES string of the molecule is COc1cccc(C=O)c1OCC(=O)NO. The molecule has 0 aliphatic carbocycles. The fraction of sp³-hybridized carbons (Fsp3) is 0.200. The standard InChI is InChI=1S/C10H11NO5/c1-15-8-4-2-3-7(5-12)10(8)16-6-9(13)11-14/h2-5,14H,6H2,1H3,(H,11,13). The minimum absolute atomic E-state index is 0.170. The van der Waals surface area contributed by atoms with Crippen LogP contribution in [0.1, 0.15) is 10.4 Å². The number of carbonyl (C=O) groups excluding carboxylic acids is 2. The van der Waals surface area contributed by atoms with Gasteiger partial charge in [-0.3, -0.25) is 14.8 Å². The average Bonchev–Trinajstić information content (AvgIpc) is 2.35. The number of amides is 1. The van der Waals surface area contributed by atoms with Crippen molar-refractivity contribution in [1.29, 1.82) is 0 Å². The average molecular weight is 225 g/mol. The molecule has 16 heavy (non-hydrogen) atoms. The number of hydrogen-bond donors (Lipinski definition) is 2. The van der Waals surface area contributed by atoms with Crippen molar-refractivity contribution in [2.24, 2.45) is 0 Å². The van der Waals surface area contributed by atoms with Gasteiger partial charge in [0, 0.05) is 0 Å². The van der Waals surface area contributed by atoms with E-state index >= 15 is 0 Å². The van der Waals surface area contributed by atoms with E-state index in [0.717, 1.165) is 0 Å². The van der Waals surface area contributed by atoms with Gasteiger partial charge < -0.3 is 9.47 Å². The Labute approximate surface area is 91.7 Å². The topological polar surface area (TPSA) is 84.9 Å². The number of methoxy groups -OCH3 is 1. The molecule has 0 radical (unpaired) electrons. The summed E-state index contributed by atoms with van der Waals surface area (Å²) in [7, 11) is 1.42. The molecule has 0 aliphatic rings. The summed E-state index contributed by atoms with van der Waals surface area (Å²) < 4.78 is 10.1. The number of benzene rings is 1. The van der Waals surface area contributed by atoms with Crippen molar-refractivity contribution in [1.82, 2.24) is 5.48 Å². The molecule has 86 valence electrons. The maximum Gasteiger partial charge on any atom is 0.281 e. The van der Waals surface area contributed by atoms with Gasteiger partial charge in [-0.25, -0.2) is 5.48 Å². The summed E-state index contributed by atoms with van der Waals surface area (Å²) in [4.78, 5) is 21.5. The number of carbonyl (C=O) groups is 2. The highest BCUT2D eigenvalue weighted by atomic mass is 16.5. The van der Waals surface area contributed by atoms with Crippen LogP contribution < -0.4 is 15.0 Å². The molecule has 0 saturated carbocycles. The number of rotatable bonds is 5. The van der Waals surface area contributed by atoms with E-state index in [1.54, 1.807) is 12.1 Å². The second-order valence-corrected chi connectivity index (χ2v) is 2.82. The fourth-order valence-corrected chi connectivity index (χ4v) is 1.11. The van der Waals surface area contributed by atoms with Crippen LogP contribution in [0.2, 0.25) is 0 Å². The van der Waals surface area contributed by atoms with Crippen molar-refractivity contribution in [3.05, 3.63) is 23.8 Å². The predicted octanol–water partition coefficient (Wildman–Crippen LogP) is 0.392. The lowest BCUT2D eigenvalue weighted by Crippen LogP contribution is -2.25. The molecule has 0 spiro atoms. The highest BCUT2D eigenvalue weighted by Crippen LogP contribution is 2.29. The van der Waals surface area contributed by atoms with E-state index < -0.39 is 12.5 Å². The largest absolute Gasteiger partial charge is 0.493 e.